The average Bonchev–Trinajstić information content (AvgIpc) is 2.94. The summed E-state index contributed by atoms with van der Waals surface area (Å²) in [7, 11) is 0.820. The fourth-order valence-electron chi connectivity index (χ4n) is 4.50. The molecule has 1 N–H and O–H groups in total. The van der Waals surface area contributed by atoms with Gasteiger partial charge in [-0.1, -0.05) is 48.5 Å². The highest BCUT2D eigenvalue weighted by molar-refractivity contribution is 7.84. The van der Waals surface area contributed by atoms with Gasteiger partial charge in [-0.3, -0.25) is 18.4 Å². The van der Waals surface area contributed by atoms with Crippen molar-refractivity contribution < 1.29 is 13.4 Å². The number of aromatic nitrogens is 3. The van der Waals surface area contributed by atoms with E-state index in [1.165, 1.54) is 23.0 Å². The molecule has 2 atom stereocenters. The van der Waals surface area contributed by atoms with Crippen LogP contribution in [0.15, 0.2) is 88.8 Å². The van der Waals surface area contributed by atoms with Gasteiger partial charge in [0.1, 0.15) is 5.82 Å². The van der Waals surface area contributed by atoms with Crippen LogP contribution in [-0.2, 0) is 17.2 Å². The molecule has 0 aliphatic carbocycles. The second kappa shape index (κ2) is 11.6. The number of nitrogens with one attached hydrogen (secondary N) is 1. The van der Waals surface area contributed by atoms with Crippen molar-refractivity contribution in [3.63, 3.8) is 0 Å². The fourth-order valence-corrected chi connectivity index (χ4v) is 5.31. The molecule has 2 unspecified atom stereocenters. The Morgan fingerprint density at radius 2 is 1.80 bits per heavy atom. The standard InChI is InChI=1S/C30H26FN4O3PS/c1-18-11-12-20(29(37)32-16-15-19-7-4-3-5-8-19)17-22(18)26-21-13-14-25(36)35(27-23(31)9-6-10-24(27)39)28(21)34-30(33-26)40(2)38/h3-14,17H,15-16,39H2,1-2H3,(H,32,37). The number of carbonyl (C=O) groups excluding carboxylic acids is 1. The normalized spacial score (nSPS) is 11.9. The molecule has 5 aromatic rings. The molecular weight excluding hydrogens is 546 g/mol. The van der Waals surface area contributed by atoms with Gasteiger partial charge in [0.15, 0.2) is 5.65 Å². The van der Waals surface area contributed by atoms with E-state index in [0.29, 0.717) is 40.5 Å². The summed E-state index contributed by atoms with van der Waals surface area (Å²) >= 11 is 0. The number of hydrogen-bond donors (Lipinski definition) is 1. The fraction of sp³-hybridized carbons (Fsp3) is 0.133. The number of amides is 1. The van der Waals surface area contributed by atoms with E-state index in [1.807, 2.05) is 43.3 Å². The zero-order chi connectivity index (χ0) is 28.4. The topological polar surface area (TPSA) is 94.0 Å². The second-order valence-electron chi connectivity index (χ2n) is 9.25. The summed E-state index contributed by atoms with van der Waals surface area (Å²) in [5, 5.41) is 3.85. The highest BCUT2D eigenvalue weighted by Gasteiger charge is 2.21. The molecule has 0 fully saturated rings. The highest BCUT2D eigenvalue weighted by Crippen LogP contribution is 2.31. The first-order valence-electron chi connectivity index (χ1n) is 12.5. The third-order valence-electron chi connectivity index (χ3n) is 6.53. The van der Waals surface area contributed by atoms with E-state index in [1.54, 1.807) is 30.3 Å². The summed E-state index contributed by atoms with van der Waals surface area (Å²) in [6.45, 7) is 2.34. The first kappa shape index (κ1) is 27.5. The average molecular weight is 573 g/mol. The van der Waals surface area contributed by atoms with Gasteiger partial charge in [-0.2, -0.15) is 0 Å². The van der Waals surface area contributed by atoms with Crippen molar-refractivity contribution in [3.8, 4) is 16.9 Å². The molecule has 0 bridgehead atoms. The van der Waals surface area contributed by atoms with E-state index in [4.69, 9.17) is 0 Å². The van der Waals surface area contributed by atoms with Crippen molar-refractivity contribution in [2.75, 3.05) is 12.8 Å². The van der Waals surface area contributed by atoms with Gasteiger partial charge in [-0.05, 0) is 54.0 Å². The molecule has 0 aliphatic heterocycles. The lowest BCUT2D eigenvalue weighted by Gasteiger charge is -2.16. The molecule has 202 valence electrons. The number of pyridine rings is 1. The number of halogens is 1. The van der Waals surface area contributed by atoms with Crippen LogP contribution in [0.25, 0.3) is 28.0 Å². The van der Waals surface area contributed by atoms with Crippen molar-refractivity contribution in [2.45, 2.75) is 18.5 Å². The molecule has 40 heavy (non-hydrogen) atoms. The molecule has 2 aromatic heterocycles. The minimum Gasteiger partial charge on any atom is -0.352 e. The van der Waals surface area contributed by atoms with Crippen molar-refractivity contribution in [3.05, 3.63) is 112 Å². The smallest absolute Gasteiger partial charge is 0.256 e. The number of benzene rings is 3. The van der Waals surface area contributed by atoms with Crippen LogP contribution in [0.4, 0.5) is 4.39 Å². The maximum absolute atomic E-state index is 15.0. The van der Waals surface area contributed by atoms with Crippen LogP contribution in [0.3, 0.4) is 0 Å². The molecule has 3 aromatic carbocycles. The molecule has 0 spiro atoms. The Morgan fingerprint density at radius 1 is 1.02 bits per heavy atom. The van der Waals surface area contributed by atoms with Crippen molar-refractivity contribution in [1.82, 2.24) is 19.9 Å². The lowest BCUT2D eigenvalue weighted by molar-refractivity contribution is 0.0954. The number of rotatable bonds is 7. The van der Waals surface area contributed by atoms with E-state index in [2.05, 4.69) is 24.5 Å². The van der Waals surface area contributed by atoms with Crippen LogP contribution in [0.5, 0.6) is 0 Å². The second-order valence-corrected chi connectivity index (χ2v) is 11.1. The van der Waals surface area contributed by atoms with Crippen LogP contribution >= 0.6 is 9.24 Å². The molecule has 2 heterocycles. The van der Waals surface area contributed by atoms with Gasteiger partial charge >= 0.3 is 0 Å². The van der Waals surface area contributed by atoms with Gasteiger partial charge in [0.2, 0.25) is 5.16 Å². The maximum Gasteiger partial charge on any atom is 0.256 e. The predicted octanol–water partition coefficient (Wildman–Crippen LogP) is 4.11. The summed E-state index contributed by atoms with van der Waals surface area (Å²) in [6.07, 6.45) is 2.13. The summed E-state index contributed by atoms with van der Waals surface area (Å²) in [6, 6.07) is 22.5. The van der Waals surface area contributed by atoms with E-state index in [0.717, 1.165) is 11.1 Å². The monoisotopic (exact) mass is 572 g/mol. The molecule has 10 heteroatoms. The quantitative estimate of drug-likeness (QED) is 0.234. The van der Waals surface area contributed by atoms with Crippen LogP contribution in [0, 0.1) is 12.7 Å². The lowest BCUT2D eigenvalue weighted by Crippen LogP contribution is -2.25. The van der Waals surface area contributed by atoms with Crippen molar-refractivity contribution >= 4 is 42.3 Å². The number of para-hydroxylation sites is 1. The Bertz CT molecular complexity index is 1820. The largest absolute Gasteiger partial charge is 0.352 e. The third kappa shape index (κ3) is 5.48. The third-order valence-corrected chi connectivity index (χ3v) is 7.69. The minimum atomic E-state index is -1.61. The zero-order valence-electron chi connectivity index (χ0n) is 21.8. The number of aryl methyl sites for hydroxylation is 1. The lowest BCUT2D eigenvalue weighted by atomic mass is 9.99. The summed E-state index contributed by atoms with van der Waals surface area (Å²) < 4.78 is 28.8. The zero-order valence-corrected chi connectivity index (χ0v) is 23.8. The van der Waals surface area contributed by atoms with Gasteiger partial charge in [0, 0.05) is 35.4 Å². The Kier molecular flexibility index (Phi) is 7.96. The summed E-state index contributed by atoms with van der Waals surface area (Å²) in [5.74, 6) is -0.850. The molecule has 0 saturated heterocycles. The molecular formula is C30H26FN4O3PS. The summed E-state index contributed by atoms with van der Waals surface area (Å²) in [4.78, 5) is 35.1. The van der Waals surface area contributed by atoms with Crippen LogP contribution in [-0.4, -0.2) is 37.5 Å². The van der Waals surface area contributed by atoms with Crippen LogP contribution in [0.1, 0.15) is 21.5 Å². The van der Waals surface area contributed by atoms with E-state index < -0.39 is 22.2 Å². The van der Waals surface area contributed by atoms with Crippen molar-refractivity contribution in [2.24, 2.45) is 0 Å². The van der Waals surface area contributed by atoms with Gasteiger partial charge in [0.25, 0.3) is 11.5 Å². The molecule has 0 aliphatic rings. The van der Waals surface area contributed by atoms with Crippen molar-refractivity contribution in [1.29, 1.82) is 0 Å². The van der Waals surface area contributed by atoms with Gasteiger partial charge in [0.05, 0.1) is 22.2 Å². The van der Waals surface area contributed by atoms with E-state index >= 15 is 4.39 Å². The molecule has 0 saturated carbocycles. The SMILES string of the molecule is Cc1ccc(C(=O)NCCc2ccccc2)cc1-c1nc(S(C)=O)nc2c1ccc(=O)n2-c1c(F)cccc1P. The number of nitrogens with zero attached hydrogens (tertiary/aromatic N) is 3. The van der Waals surface area contributed by atoms with E-state index in [-0.39, 0.29) is 22.4 Å². The number of hydrogen-bond acceptors (Lipinski definition) is 5. The highest BCUT2D eigenvalue weighted by atomic mass is 32.2. The Morgan fingerprint density at radius 3 is 2.52 bits per heavy atom. The molecule has 1 amide bonds. The number of fused-ring (bicyclic) bond motifs is 1. The molecule has 5 rings (SSSR count). The maximum atomic E-state index is 15.0. The molecule has 7 nitrogen and oxygen atoms in total. The Balaban J connectivity index is 1.63. The number of carbonyl (C=O) groups is 1. The minimum absolute atomic E-state index is 0.0133. The molecule has 0 radical (unpaired) electrons. The predicted molar refractivity (Wildman–Crippen MR) is 159 cm³/mol. The Labute approximate surface area is 235 Å². The summed E-state index contributed by atoms with van der Waals surface area (Å²) in [5.41, 5.74) is 3.01. The van der Waals surface area contributed by atoms with Gasteiger partial charge in [-0.25, -0.2) is 14.4 Å². The van der Waals surface area contributed by atoms with Crippen LogP contribution in [0.2, 0.25) is 0 Å². The first-order chi connectivity index (χ1) is 19.2. The first-order valence-corrected chi connectivity index (χ1v) is 14.6. The van der Waals surface area contributed by atoms with Crippen LogP contribution < -0.4 is 16.2 Å². The Hall–Kier alpha value is -4.07. The van der Waals surface area contributed by atoms with E-state index in [9.17, 15) is 13.8 Å². The van der Waals surface area contributed by atoms with Gasteiger partial charge in [-0.15, -0.1) is 9.24 Å². The van der Waals surface area contributed by atoms with Gasteiger partial charge < -0.3 is 5.32 Å².